The van der Waals surface area contributed by atoms with Gasteiger partial charge >= 0.3 is 0 Å². The highest BCUT2D eigenvalue weighted by Crippen LogP contribution is 2.30. The Morgan fingerprint density at radius 3 is 2.27 bits per heavy atom. The second-order valence-corrected chi connectivity index (χ2v) is 8.89. The van der Waals surface area contributed by atoms with E-state index in [2.05, 4.69) is 19.6 Å². The number of rotatable bonds is 3. The predicted octanol–water partition coefficient (Wildman–Crippen LogP) is 1.58. The molecule has 0 aromatic rings. The molecule has 0 unspecified atom stereocenters. The molecule has 0 atom stereocenters. The van der Waals surface area contributed by atoms with Crippen LogP contribution in [0.2, 0.25) is 19.6 Å². The van der Waals surface area contributed by atoms with Crippen molar-refractivity contribution in [3.05, 3.63) is 0 Å². The summed E-state index contributed by atoms with van der Waals surface area (Å²) in [6, 6.07) is 0. The summed E-state index contributed by atoms with van der Waals surface area (Å²) in [4.78, 5) is 0. The van der Waals surface area contributed by atoms with E-state index >= 15 is 0 Å². The van der Waals surface area contributed by atoms with Crippen molar-refractivity contribution in [2.24, 2.45) is 11.7 Å². The van der Waals surface area contributed by atoms with E-state index in [1.165, 1.54) is 12.8 Å². The van der Waals surface area contributed by atoms with Gasteiger partial charge in [-0.25, -0.2) is 0 Å². The highest BCUT2D eigenvalue weighted by Gasteiger charge is 2.32. The van der Waals surface area contributed by atoms with Crippen LogP contribution in [0.15, 0.2) is 0 Å². The molecule has 2 N–H and O–H groups in total. The standard InChI is InChI=1S/C8H19NOSi/c1-11(2,3)10-8-4-7(5-8)6-9/h7-8H,4-6,9H2,1-3H3. The van der Waals surface area contributed by atoms with Crippen LogP contribution in [-0.2, 0) is 4.43 Å². The van der Waals surface area contributed by atoms with Crippen molar-refractivity contribution in [2.75, 3.05) is 6.54 Å². The summed E-state index contributed by atoms with van der Waals surface area (Å²) in [6.07, 6.45) is 2.93. The molecule has 66 valence electrons. The lowest BCUT2D eigenvalue weighted by atomic mass is 9.83. The molecule has 0 heterocycles. The fourth-order valence-electron chi connectivity index (χ4n) is 1.46. The van der Waals surface area contributed by atoms with Crippen LogP contribution in [0.3, 0.4) is 0 Å². The fourth-order valence-corrected chi connectivity index (χ4v) is 2.66. The maximum atomic E-state index is 5.89. The van der Waals surface area contributed by atoms with Crippen molar-refractivity contribution in [3.8, 4) is 0 Å². The van der Waals surface area contributed by atoms with E-state index < -0.39 is 8.32 Å². The average molecular weight is 173 g/mol. The minimum Gasteiger partial charge on any atom is -0.415 e. The van der Waals surface area contributed by atoms with E-state index in [9.17, 15) is 0 Å². The first-order valence-corrected chi connectivity index (χ1v) is 7.80. The third-order valence-corrected chi connectivity index (χ3v) is 3.09. The van der Waals surface area contributed by atoms with Crippen LogP contribution in [-0.4, -0.2) is 21.0 Å². The molecule has 3 heteroatoms. The molecule has 1 fully saturated rings. The van der Waals surface area contributed by atoms with Crippen molar-refractivity contribution >= 4 is 8.32 Å². The van der Waals surface area contributed by atoms with Crippen LogP contribution in [0.4, 0.5) is 0 Å². The van der Waals surface area contributed by atoms with Crippen LogP contribution in [0.5, 0.6) is 0 Å². The van der Waals surface area contributed by atoms with Crippen molar-refractivity contribution in [1.82, 2.24) is 0 Å². The molecule has 1 saturated carbocycles. The first kappa shape index (κ1) is 9.23. The maximum absolute atomic E-state index is 5.89. The molecule has 2 nitrogen and oxygen atoms in total. The Kier molecular flexibility index (Phi) is 2.73. The van der Waals surface area contributed by atoms with Gasteiger partial charge in [0.1, 0.15) is 0 Å². The van der Waals surface area contributed by atoms with Crippen molar-refractivity contribution < 1.29 is 4.43 Å². The summed E-state index contributed by atoms with van der Waals surface area (Å²) in [5.74, 6) is 0.747. The van der Waals surface area contributed by atoms with Gasteiger partial charge in [-0.1, -0.05) is 0 Å². The fraction of sp³-hybridized carbons (Fsp3) is 1.00. The highest BCUT2D eigenvalue weighted by molar-refractivity contribution is 6.69. The second-order valence-electron chi connectivity index (χ2n) is 4.43. The molecule has 1 aliphatic rings. The van der Waals surface area contributed by atoms with E-state index in [0.717, 1.165) is 12.5 Å². The van der Waals surface area contributed by atoms with Crippen LogP contribution in [0, 0.1) is 5.92 Å². The third kappa shape index (κ3) is 2.93. The van der Waals surface area contributed by atoms with E-state index in [-0.39, 0.29) is 0 Å². The summed E-state index contributed by atoms with van der Waals surface area (Å²) >= 11 is 0. The summed E-state index contributed by atoms with van der Waals surface area (Å²) in [7, 11) is -1.27. The van der Waals surface area contributed by atoms with Gasteiger partial charge < -0.3 is 10.2 Å². The Hall–Kier alpha value is 0.137. The first-order valence-electron chi connectivity index (χ1n) is 4.39. The largest absolute Gasteiger partial charge is 0.415 e. The normalized spacial score (nSPS) is 31.6. The average Bonchev–Trinajstić information content (AvgIpc) is 1.75. The molecule has 0 saturated heterocycles. The second kappa shape index (κ2) is 3.25. The zero-order valence-corrected chi connectivity index (χ0v) is 8.76. The van der Waals surface area contributed by atoms with Crippen LogP contribution < -0.4 is 5.73 Å². The highest BCUT2D eigenvalue weighted by atomic mass is 28.4. The van der Waals surface area contributed by atoms with Crippen LogP contribution in [0.25, 0.3) is 0 Å². The molecule has 0 spiro atoms. The number of nitrogens with two attached hydrogens (primary N) is 1. The first-order chi connectivity index (χ1) is 5.01. The minimum absolute atomic E-state index is 0.537. The lowest BCUT2D eigenvalue weighted by Crippen LogP contribution is -2.42. The number of hydrogen-bond acceptors (Lipinski definition) is 2. The quantitative estimate of drug-likeness (QED) is 0.658. The molecule has 0 radical (unpaired) electrons. The summed E-state index contributed by atoms with van der Waals surface area (Å²) in [6.45, 7) is 7.56. The summed E-state index contributed by atoms with van der Waals surface area (Å²) in [5.41, 5.74) is 5.52. The molecule has 1 aliphatic carbocycles. The van der Waals surface area contributed by atoms with Gasteiger partial charge in [0.25, 0.3) is 0 Å². The molecular weight excluding hydrogens is 154 g/mol. The van der Waals surface area contributed by atoms with Crippen molar-refractivity contribution in [1.29, 1.82) is 0 Å². The maximum Gasteiger partial charge on any atom is 0.184 e. The van der Waals surface area contributed by atoms with Gasteiger partial charge in [-0.3, -0.25) is 0 Å². The van der Waals surface area contributed by atoms with Gasteiger partial charge in [0, 0.05) is 6.10 Å². The SMILES string of the molecule is C[Si](C)(C)OC1CC(CN)C1. The summed E-state index contributed by atoms with van der Waals surface area (Å²) < 4.78 is 5.89. The molecule has 11 heavy (non-hydrogen) atoms. The Morgan fingerprint density at radius 2 is 1.91 bits per heavy atom. The van der Waals surface area contributed by atoms with E-state index in [1.807, 2.05) is 0 Å². The Bertz CT molecular complexity index is 127. The topological polar surface area (TPSA) is 35.2 Å². The molecule has 0 aromatic heterocycles. The van der Waals surface area contributed by atoms with E-state index in [0.29, 0.717) is 6.10 Å². The van der Waals surface area contributed by atoms with E-state index in [1.54, 1.807) is 0 Å². The smallest absolute Gasteiger partial charge is 0.184 e. The van der Waals surface area contributed by atoms with Gasteiger partial charge in [-0.05, 0) is 44.9 Å². The molecule has 0 bridgehead atoms. The third-order valence-electron chi connectivity index (χ3n) is 2.05. The monoisotopic (exact) mass is 173 g/mol. The van der Waals surface area contributed by atoms with Gasteiger partial charge in [-0.2, -0.15) is 0 Å². The lowest BCUT2D eigenvalue weighted by molar-refractivity contribution is 0.0627. The van der Waals surface area contributed by atoms with Crippen molar-refractivity contribution in [2.45, 2.75) is 38.6 Å². The Labute approximate surface area is 70.2 Å². The number of hydrogen-bond donors (Lipinski definition) is 1. The van der Waals surface area contributed by atoms with Crippen LogP contribution in [0.1, 0.15) is 12.8 Å². The molecular formula is C8H19NOSi. The molecule has 0 amide bonds. The molecule has 0 aromatic carbocycles. The van der Waals surface area contributed by atoms with Gasteiger partial charge in [0.05, 0.1) is 0 Å². The zero-order valence-electron chi connectivity index (χ0n) is 7.76. The Morgan fingerprint density at radius 1 is 1.36 bits per heavy atom. The van der Waals surface area contributed by atoms with Gasteiger partial charge in [0.2, 0.25) is 0 Å². The molecule has 0 aliphatic heterocycles. The Balaban J connectivity index is 2.14. The minimum atomic E-state index is -1.27. The van der Waals surface area contributed by atoms with Crippen LogP contribution >= 0.6 is 0 Å². The van der Waals surface area contributed by atoms with E-state index in [4.69, 9.17) is 10.2 Å². The lowest BCUT2D eigenvalue weighted by Gasteiger charge is -2.38. The zero-order chi connectivity index (χ0) is 8.48. The van der Waals surface area contributed by atoms with Gasteiger partial charge in [0.15, 0.2) is 8.32 Å². The predicted molar refractivity (Wildman–Crippen MR) is 50.0 cm³/mol. The molecule has 1 rings (SSSR count). The van der Waals surface area contributed by atoms with Crippen molar-refractivity contribution in [3.63, 3.8) is 0 Å². The summed E-state index contributed by atoms with van der Waals surface area (Å²) in [5, 5.41) is 0. The van der Waals surface area contributed by atoms with Gasteiger partial charge in [-0.15, -0.1) is 0 Å².